The summed E-state index contributed by atoms with van der Waals surface area (Å²) in [6.07, 6.45) is 0. The van der Waals surface area contributed by atoms with Gasteiger partial charge in [-0.25, -0.2) is 0 Å². The lowest BCUT2D eigenvalue weighted by molar-refractivity contribution is 0.0674. The molecule has 1 heterocycles. The van der Waals surface area contributed by atoms with Crippen LogP contribution in [0.2, 0.25) is 5.02 Å². The summed E-state index contributed by atoms with van der Waals surface area (Å²) < 4.78 is 0. The summed E-state index contributed by atoms with van der Waals surface area (Å²) in [4.78, 5) is 14.3. The van der Waals surface area contributed by atoms with Gasteiger partial charge in [-0.3, -0.25) is 4.79 Å². The largest absolute Gasteiger partial charge is 0.336 e. The Labute approximate surface area is 113 Å². The minimum atomic E-state index is 0.0668. The van der Waals surface area contributed by atoms with Crippen molar-refractivity contribution in [3.63, 3.8) is 0 Å². The summed E-state index contributed by atoms with van der Waals surface area (Å²) in [6.45, 7) is 7.62. The van der Waals surface area contributed by atoms with Crippen molar-refractivity contribution >= 4 is 17.5 Å². The number of carbonyl (C=O) groups is 1. The number of rotatable bonds is 1. The first-order valence-electron chi connectivity index (χ1n) is 6.29. The molecule has 3 nitrogen and oxygen atoms in total. The summed E-state index contributed by atoms with van der Waals surface area (Å²) in [6, 6.07) is 6.17. The van der Waals surface area contributed by atoms with Crippen LogP contribution in [0.15, 0.2) is 18.2 Å². The van der Waals surface area contributed by atoms with Crippen LogP contribution in [0.1, 0.15) is 29.8 Å². The zero-order chi connectivity index (χ0) is 13.3. The second-order valence-corrected chi connectivity index (χ2v) is 5.55. The van der Waals surface area contributed by atoms with Gasteiger partial charge in [-0.05, 0) is 38.5 Å². The van der Waals surface area contributed by atoms with Crippen molar-refractivity contribution in [3.05, 3.63) is 34.3 Å². The Kier molecular flexibility index (Phi) is 3.93. The van der Waals surface area contributed by atoms with E-state index < -0.39 is 0 Å². The maximum Gasteiger partial charge on any atom is 0.254 e. The van der Waals surface area contributed by atoms with E-state index in [1.54, 1.807) is 6.07 Å². The Bertz CT molecular complexity index is 451. The lowest BCUT2D eigenvalue weighted by atomic mass is 10.1. The molecule has 0 bridgehead atoms. The zero-order valence-corrected chi connectivity index (χ0v) is 11.8. The Morgan fingerprint density at radius 1 is 1.33 bits per heavy atom. The van der Waals surface area contributed by atoms with Gasteiger partial charge in [0, 0.05) is 35.8 Å². The van der Waals surface area contributed by atoms with E-state index in [4.69, 9.17) is 11.6 Å². The van der Waals surface area contributed by atoms with Gasteiger partial charge in [0.15, 0.2) is 0 Å². The van der Waals surface area contributed by atoms with Gasteiger partial charge in [0.25, 0.3) is 5.91 Å². The zero-order valence-electron chi connectivity index (χ0n) is 11.0. The highest BCUT2D eigenvalue weighted by atomic mass is 35.5. The van der Waals surface area contributed by atoms with Crippen molar-refractivity contribution < 1.29 is 4.79 Å². The van der Waals surface area contributed by atoms with E-state index in [1.165, 1.54) is 0 Å². The third-order valence-corrected chi connectivity index (χ3v) is 3.67. The molecule has 0 spiro atoms. The number of benzene rings is 1. The van der Waals surface area contributed by atoms with Crippen LogP contribution >= 0.6 is 11.6 Å². The number of hydrogen-bond donors (Lipinski definition) is 1. The second-order valence-electron chi connectivity index (χ2n) is 5.14. The molecule has 0 radical (unpaired) electrons. The minimum absolute atomic E-state index is 0.0668. The number of hydrogen-bond acceptors (Lipinski definition) is 2. The lowest BCUT2D eigenvalue weighted by Crippen LogP contribution is -2.55. The first kappa shape index (κ1) is 13.4. The average molecular weight is 267 g/mol. The van der Waals surface area contributed by atoms with Gasteiger partial charge in [-0.15, -0.1) is 0 Å². The van der Waals surface area contributed by atoms with Crippen molar-refractivity contribution in [3.8, 4) is 0 Å². The van der Waals surface area contributed by atoms with E-state index in [9.17, 15) is 4.79 Å². The van der Waals surface area contributed by atoms with Crippen molar-refractivity contribution in [2.24, 2.45) is 0 Å². The normalized spacial score (nSPS) is 24.1. The van der Waals surface area contributed by atoms with Crippen LogP contribution in [0.25, 0.3) is 0 Å². The number of piperazine rings is 1. The number of halogens is 1. The number of nitrogens with zero attached hydrogens (tertiary/aromatic N) is 1. The van der Waals surface area contributed by atoms with E-state index in [2.05, 4.69) is 19.2 Å². The van der Waals surface area contributed by atoms with Gasteiger partial charge in [-0.2, -0.15) is 0 Å². The lowest BCUT2D eigenvalue weighted by Gasteiger charge is -2.36. The molecule has 1 saturated heterocycles. The first-order chi connectivity index (χ1) is 8.47. The minimum Gasteiger partial charge on any atom is -0.336 e. The number of nitrogens with one attached hydrogen (secondary N) is 1. The van der Waals surface area contributed by atoms with Crippen LogP contribution in [0.3, 0.4) is 0 Å². The monoisotopic (exact) mass is 266 g/mol. The number of amides is 1. The molecule has 1 aliphatic rings. The molecule has 2 atom stereocenters. The van der Waals surface area contributed by atoms with Crippen LogP contribution < -0.4 is 5.32 Å². The Morgan fingerprint density at radius 2 is 1.94 bits per heavy atom. The van der Waals surface area contributed by atoms with Gasteiger partial charge in [0.1, 0.15) is 0 Å². The molecular weight excluding hydrogens is 248 g/mol. The topological polar surface area (TPSA) is 32.3 Å². The molecule has 1 aromatic rings. The molecule has 98 valence electrons. The van der Waals surface area contributed by atoms with Gasteiger partial charge in [0.2, 0.25) is 0 Å². The van der Waals surface area contributed by atoms with Crippen LogP contribution in [-0.4, -0.2) is 36.0 Å². The fourth-order valence-electron chi connectivity index (χ4n) is 2.40. The summed E-state index contributed by atoms with van der Waals surface area (Å²) in [7, 11) is 0. The smallest absolute Gasteiger partial charge is 0.254 e. The van der Waals surface area contributed by atoms with E-state index in [0.29, 0.717) is 22.7 Å². The van der Waals surface area contributed by atoms with E-state index in [1.807, 2.05) is 24.0 Å². The summed E-state index contributed by atoms with van der Waals surface area (Å²) in [5.74, 6) is 0.0668. The Balaban J connectivity index is 2.17. The van der Waals surface area contributed by atoms with Gasteiger partial charge >= 0.3 is 0 Å². The van der Waals surface area contributed by atoms with E-state index in [0.717, 1.165) is 18.7 Å². The molecule has 2 unspecified atom stereocenters. The van der Waals surface area contributed by atoms with Crippen molar-refractivity contribution in [1.82, 2.24) is 10.2 Å². The van der Waals surface area contributed by atoms with Crippen molar-refractivity contribution in [2.45, 2.75) is 32.9 Å². The van der Waals surface area contributed by atoms with Crippen molar-refractivity contribution in [2.75, 3.05) is 13.1 Å². The quantitative estimate of drug-likeness (QED) is 0.847. The molecular formula is C14H19ClN2O. The predicted octanol–water partition coefficient (Wildman–Crippen LogP) is 2.47. The molecule has 2 rings (SSSR count). The summed E-state index contributed by atoms with van der Waals surface area (Å²) in [5.41, 5.74) is 1.67. The molecule has 4 heteroatoms. The third-order valence-electron chi connectivity index (χ3n) is 3.26. The molecule has 1 aliphatic heterocycles. The Hall–Kier alpha value is -1.06. The predicted molar refractivity (Wildman–Crippen MR) is 74.2 cm³/mol. The first-order valence-corrected chi connectivity index (χ1v) is 6.66. The maximum absolute atomic E-state index is 12.4. The fourth-order valence-corrected chi connectivity index (χ4v) is 2.58. The number of aryl methyl sites for hydroxylation is 1. The molecule has 0 aromatic heterocycles. The highest BCUT2D eigenvalue weighted by Gasteiger charge is 2.25. The standard InChI is InChI=1S/C14H19ClN2O/c1-9-4-5-12(6-13(9)15)14(18)17-7-10(2)16-11(3)8-17/h4-6,10-11,16H,7-8H2,1-3H3. The SMILES string of the molecule is Cc1ccc(C(=O)N2CC(C)NC(C)C2)cc1Cl. The van der Waals surface area contributed by atoms with Gasteiger partial charge in [0.05, 0.1) is 0 Å². The highest BCUT2D eigenvalue weighted by molar-refractivity contribution is 6.31. The highest BCUT2D eigenvalue weighted by Crippen LogP contribution is 2.18. The molecule has 18 heavy (non-hydrogen) atoms. The molecule has 0 aliphatic carbocycles. The third kappa shape index (κ3) is 2.85. The maximum atomic E-state index is 12.4. The van der Waals surface area contributed by atoms with Crippen LogP contribution in [0.5, 0.6) is 0 Å². The van der Waals surface area contributed by atoms with Crippen LogP contribution in [0, 0.1) is 6.92 Å². The molecule has 1 amide bonds. The molecule has 0 saturated carbocycles. The van der Waals surface area contributed by atoms with Crippen molar-refractivity contribution in [1.29, 1.82) is 0 Å². The van der Waals surface area contributed by atoms with E-state index >= 15 is 0 Å². The van der Waals surface area contributed by atoms with E-state index in [-0.39, 0.29) is 5.91 Å². The summed E-state index contributed by atoms with van der Waals surface area (Å²) >= 11 is 6.07. The fraction of sp³-hybridized carbons (Fsp3) is 0.500. The molecule has 1 aromatic carbocycles. The number of carbonyl (C=O) groups excluding carboxylic acids is 1. The average Bonchev–Trinajstić information content (AvgIpc) is 2.30. The van der Waals surface area contributed by atoms with Crippen LogP contribution in [0.4, 0.5) is 0 Å². The van der Waals surface area contributed by atoms with Gasteiger partial charge in [-0.1, -0.05) is 17.7 Å². The van der Waals surface area contributed by atoms with Crippen LogP contribution in [-0.2, 0) is 0 Å². The van der Waals surface area contributed by atoms with Gasteiger partial charge < -0.3 is 10.2 Å². The molecule has 1 fully saturated rings. The molecule has 1 N–H and O–H groups in total. The second kappa shape index (κ2) is 5.29. The summed E-state index contributed by atoms with van der Waals surface area (Å²) in [5, 5.41) is 4.07. The Morgan fingerprint density at radius 3 is 2.50 bits per heavy atom.